The Hall–Kier alpha value is -3.50. The van der Waals surface area contributed by atoms with E-state index in [-0.39, 0.29) is 11.3 Å². The molecule has 3 aromatic rings. The Balaban J connectivity index is 1.71. The van der Waals surface area contributed by atoms with Gasteiger partial charge in [0.05, 0.1) is 10.5 Å². The molecule has 1 N–H and O–H groups in total. The number of nitro benzene ring substituents is 1. The number of fused-ring (bicyclic) bond motifs is 3. The summed E-state index contributed by atoms with van der Waals surface area (Å²) < 4.78 is 0. The highest BCUT2D eigenvalue weighted by Gasteiger charge is 2.25. The van der Waals surface area contributed by atoms with Crippen molar-refractivity contribution in [3.63, 3.8) is 0 Å². The topological polar surface area (TPSA) is 96.0 Å². The van der Waals surface area contributed by atoms with Crippen LogP contribution in [0.1, 0.15) is 27.0 Å². The molecule has 0 atom stereocenters. The summed E-state index contributed by atoms with van der Waals surface area (Å²) in [5.74, 6) is -0.470. The minimum Gasteiger partial charge on any atom is -0.312 e. The molecule has 1 aromatic heterocycles. The maximum atomic E-state index is 12.6. The first-order valence-electron chi connectivity index (χ1n) is 8.28. The third-order valence-corrected chi connectivity index (χ3v) is 5.75. The van der Waals surface area contributed by atoms with Crippen molar-refractivity contribution in [1.82, 2.24) is 0 Å². The van der Waals surface area contributed by atoms with Crippen molar-refractivity contribution >= 4 is 27.9 Å². The van der Waals surface area contributed by atoms with Crippen LogP contribution in [0.25, 0.3) is 10.4 Å². The molecule has 2 aromatic carbocycles. The molecule has 132 valence electrons. The summed E-state index contributed by atoms with van der Waals surface area (Å²) in [7, 11) is 0. The van der Waals surface area contributed by atoms with Gasteiger partial charge in [-0.3, -0.25) is 14.9 Å². The Bertz CT molecular complexity index is 1130. The van der Waals surface area contributed by atoms with Gasteiger partial charge in [0, 0.05) is 22.6 Å². The van der Waals surface area contributed by atoms with E-state index in [4.69, 9.17) is 0 Å². The van der Waals surface area contributed by atoms with E-state index in [1.165, 1.54) is 41.2 Å². The number of non-ortho nitro benzene ring substituents is 1. The Labute approximate surface area is 158 Å². The summed E-state index contributed by atoms with van der Waals surface area (Å²) in [4.78, 5) is 24.0. The fourth-order valence-corrected chi connectivity index (χ4v) is 4.54. The average molecular weight is 375 g/mol. The molecule has 1 heterocycles. The van der Waals surface area contributed by atoms with Gasteiger partial charge in [0.2, 0.25) is 0 Å². The lowest BCUT2D eigenvalue weighted by Gasteiger charge is -2.15. The van der Waals surface area contributed by atoms with E-state index in [2.05, 4.69) is 17.5 Å². The van der Waals surface area contributed by atoms with E-state index >= 15 is 0 Å². The number of benzene rings is 2. The maximum absolute atomic E-state index is 12.6. The molecule has 0 spiro atoms. The number of amides is 1. The van der Waals surface area contributed by atoms with Crippen molar-refractivity contribution in [1.29, 1.82) is 5.26 Å². The van der Waals surface area contributed by atoms with E-state index in [0.29, 0.717) is 10.6 Å². The number of nitriles is 1. The molecule has 0 saturated carbocycles. The Morgan fingerprint density at radius 2 is 2.00 bits per heavy atom. The Kier molecular flexibility index (Phi) is 4.18. The first-order chi connectivity index (χ1) is 13.1. The van der Waals surface area contributed by atoms with Crippen molar-refractivity contribution in [2.45, 2.75) is 12.8 Å². The highest BCUT2D eigenvalue weighted by Crippen LogP contribution is 2.44. The number of nitrogens with one attached hydrogen (secondary N) is 1. The molecule has 0 radical (unpaired) electrons. The van der Waals surface area contributed by atoms with Crippen LogP contribution >= 0.6 is 11.3 Å². The quantitative estimate of drug-likeness (QED) is 0.537. The molecule has 0 fully saturated rings. The van der Waals surface area contributed by atoms with Crippen molar-refractivity contribution in [2.24, 2.45) is 0 Å². The minimum absolute atomic E-state index is 0.150. The van der Waals surface area contributed by atoms with Crippen molar-refractivity contribution in [2.75, 3.05) is 5.32 Å². The second kappa shape index (κ2) is 6.67. The molecule has 27 heavy (non-hydrogen) atoms. The number of hydrogen-bond donors (Lipinski definition) is 1. The molecule has 4 rings (SSSR count). The molecule has 0 unspecified atom stereocenters. The molecule has 1 aliphatic carbocycles. The predicted molar refractivity (Wildman–Crippen MR) is 103 cm³/mol. The molecule has 1 aliphatic rings. The number of aryl methyl sites for hydroxylation is 1. The van der Waals surface area contributed by atoms with Crippen LogP contribution in [0.2, 0.25) is 0 Å². The molecule has 7 heteroatoms. The zero-order valence-corrected chi connectivity index (χ0v) is 14.9. The van der Waals surface area contributed by atoms with Gasteiger partial charge < -0.3 is 5.32 Å². The van der Waals surface area contributed by atoms with Gasteiger partial charge in [-0.1, -0.05) is 30.3 Å². The van der Waals surface area contributed by atoms with Crippen molar-refractivity contribution in [3.8, 4) is 16.5 Å². The van der Waals surface area contributed by atoms with Gasteiger partial charge in [0.15, 0.2) is 0 Å². The van der Waals surface area contributed by atoms with Crippen LogP contribution in [-0.2, 0) is 12.8 Å². The van der Waals surface area contributed by atoms with Gasteiger partial charge in [-0.25, -0.2) is 0 Å². The van der Waals surface area contributed by atoms with Gasteiger partial charge in [0.25, 0.3) is 11.6 Å². The van der Waals surface area contributed by atoms with Crippen LogP contribution in [0, 0.1) is 21.4 Å². The molecular weight excluding hydrogens is 362 g/mol. The smallest absolute Gasteiger partial charge is 0.270 e. The fraction of sp³-hybridized carbons (Fsp3) is 0.100. The highest BCUT2D eigenvalue weighted by molar-refractivity contribution is 7.20. The normalized spacial score (nSPS) is 11.8. The predicted octanol–water partition coefficient (Wildman–Crippen LogP) is 4.55. The van der Waals surface area contributed by atoms with Crippen LogP contribution in [0.4, 0.5) is 10.7 Å². The number of rotatable bonds is 3. The molecule has 6 nitrogen and oxygen atoms in total. The monoisotopic (exact) mass is 375 g/mol. The second-order valence-corrected chi connectivity index (χ2v) is 7.16. The third-order valence-electron chi connectivity index (χ3n) is 4.57. The summed E-state index contributed by atoms with van der Waals surface area (Å²) in [5.41, 5.74) is 3.78. The van der Waals surface area contributed by atoms with E-state index in [1.807, 2.05) is 18.2 Å². The van der Waals surface area contributed by atoms with Crippen LogP contribution < -0.4 is 5.32 Å². The number of nitrogens with zero attached hydrogens (tertiary/aromatic N) is 2. The number of thiophene rings is 1. The molecule has 0 aliphatic heterocycles. The van der Waals surface area contributed by atoms with Crippen LogP contribution in [-0.4, -0.2) is 10.8 Å². The molecule has 1 amide bonds. The summed E-state index contributed by atoms with van der Waals surface area (Å²) >= 11 is 1.37. The summed E-state index contributed by atoms with van der Waals surface area (Å²) in [6, 6.07) is 15.8. The van der Waals surface area contributed by atoms with E-state index < -0.39 is 10.8 Å². The highest BCUT2D eigenvalue weighted by atomic mass is 32.1. The summed E-state index contributed by atoms with van der Waals surface area (Å²) in [6.45, 7) is 0. The van der Waals surface area contributed by atoms with Gasteiger partial charge in [0.1, 0.15) is 11.1 Å². The van der Waals surface area contributed by atoms with Gasteiger partial charge in [-0.2, -0.15) is 5.26 Å². The number of hydrogen-bond acceptors (Lipinski definition) is 5. The van der Waals surface area contributed by atoms with E-state index in [9.17, 15) is 20.2 Å². The largest absolute Gasteiger partial charge is 0.312 e. The first-order valence-corrected chi connectivity index (χ1v) is 9.10. The summed E-state index contributed by atoms with van der Waals surface area (Å²) in [6.07, 6.45) is 1.60. The van der Waals surface area contributed by atoms with E-state index in [0.717, 1.165) is 28.8 Å². The van der Waals surface area contributed by atoms with Crippen LogP contribution in [0.5, 0.6) is 0 Å². The standard InChI is InChI=1S/C20H13N3O3S/c21-11-17-16-9-8-12-4-1-2-7-15(12)18(16)27-20(17)22-19(24)13-5-3-6-14(10-13)23(25)26/h1-7,10H,8-9H2,(H,22,24). The lowest BCUT2D eigenvalue weighted by atomic mass is 9.90. The average Bonchev–Trinajstić information content (AvgIpc) is 3.05. The third kappa shape index (κ3) is 2.96. The van der Waals surface area contributed by atoms with Crippen LogP contribution in [0.15, 0.2) is 48.5 Å². The number of anilines is 1. The van der Waals surface area contributed by atoms with Crippen LogP contribution in [0.3, 0.4) is 0 Å². The number of carbonyl (C=O) groups excluding carboxylic acids is 1. The SMILES string of the molecule is N#Cc1c(NC(=O)c2cccc([N+](=O)[O-])c2)sc2c1CCc1ccccc1-2. The lowest BCUT2D eigenvalue weighted by molar-refractivity contribution is -0.384. The molecule has 0 saturated heterocycles. The number of carbonyl (C=O) groups is 1. The zero-order chi connectivity index (χ0) is 19.0. The first kappa shape index (κ1) is 16.9. The summed E-state index contributed by atoms with van der Waals surface area (Å²) in [5, 5.41) is 23.8. The minimum atomic E-state index is -0.543. The molecule has 0 bridgehead atoms. The van der Waals surface area contributed by atoms with Crippen molar-refractivity contribution < 1.29 is 9.72 Å². The zero-order valence-electron chi connectivity index (χ0n) is 14.1. The van der Waals surface area contributed by atoms with Crippen molar-refractivity contribution in [3.05, 3.63) is 80.9 Å². The van der Waals surface area contributed by atoms with Gasteiger partial charge in [-0.05, 0) is 35.6 Å². The van der Waals surface area contributed by atoms with E-state index in [1.54, 1.807) is 0 Å². The molecular formula is C20H13N3O3S. The van der Waals surface area contributed by atoms with Gasteiger partial charge in [-0.15, -0.1) is 11.3 Å². The Morgan fingerprint density at radius 1 is 1.19 bits per heavy atom. The van der Waals surface area contributed by atoms with Gasteiger partial charge >= 0.3 is 0 Å². The Morgan fingerprint density at radius 3 is 2.78 bits per heavy atom. The number of nitro groups is 1. The fourth-order valence-electron chi connectivity index (χ4n) is 3.28. The lowest BCUT2D eigenvalue weighted by Crippen LogP contribution is -2.12. The second-order valence-electron chi connectivity index (χ2n) is 6.14. The maximum Gasteiger partial charge on any atom is 0.270 e.